The Hall–Kier alpha value is -2.34. The number of fused-ring (bicyclic) bond motifs is 1. The average molecular weight is 389 g/mol. The third-order valence-corrected chi connectivity index (χ3v) is 4.32. The van der Waals surface area contributed by atoms with Gasteiger partial charge in [-0.05, 0) is 54.4 Å². The van der Waals surface area contributed by atoms with Crippen molar-refractivity contribution >= 4 is 33.6 Å². The van der Waals surface area contributed by atoms with E-state index in [4.69, 9.17) is 4.74 Å². The van der Waals surface area contributed by atoms with Crippen LogP contribution < -0.4 is 5.32 Å². The molecule has 0 saturated carbocycles. The molecule has 0 radical (unpaired) electrons. The van der Waals surface area contributed by atoms with Crippen molar-refractivity contribution in [3.63, 3.8) is 0 Å². The number of hydrogen-bond donors (Lipinski definition) is 1. The molecule has 1 aliphatic rings. The second-order valence-electron chi connectivity index (χ2n) is 5.50. The Balaban J connectivity index is 1.63. The topological polar surface area (TPSA) is 58.6 Å². The molecule has 2 aromatic rings. The lowest BCUT2D eigenvalue weighted by Gasteiger charge is -2.16. The van der Waals surface area contributed by atoms with Crippen LogP contribution in [-0.4, -0.2) is 23.5 Å². The molecule has 124 valence electrons. The minimum atomic E-state index is -0.365. The molecule has 0 spiro atoms. The van der Waals surface area contributed by atoms with Gasteiger partial charge in [-0.25, -0.2) is 9.59 Å². The summed E-state index contributed by atoms with van der Waals surface area (Å²) >= 11 is 3.45. The Labute approximate surface area is 148 Å². The van der Waals surface area contributed by atoms with Crippen LogP contribution in [0.3, 0.4) is 0 Å². The van der Waals surface area contributed by atoms with Gasteiger partial charge in [-0.15, -0.1) is 0 Å². The van der Waals surface area contributed by atoms with Gasteiger partial charge in [0, 0.05) is 23.2 Å². The van der Waals surface area contributed by atoms with Gasteiger partial charge in [0.05, 0.1) is 12.2 Å². The number of benzene rings is 2. The predicted octanol–water partition coefficient (Wildman–Crippen LogP) is 4.17. The molecule has 2 amide bonds. The first-order valence-electron chi connectivity index (χ1n) is 7.67. The van der Waals surface area contributed by atoms with E-state index in [0.717, 1.165) is 15.6 Å². The molecule has 0 unspecified atom stereocenters. The molecule has 24 heavy (non-hydrogen) atoms. The number of carbonyl (C=O) groups is 2. The lowest BCUT2D eigenvalue weighted by Crippen LogP contribution is -2.30. The van der Waals surface area contributed by atoms with Crippen LogP contribution in [-0.2, 0) is 17.8 Å². The van der Waals surface area contributed by atoms with E-state index in [2.05, 4.69) is 21.2 Å². The Bertz CT molecular complexity index is 774. The molecule has 0 aliphatic carbocycles. The summed E-state index contributed by atoms with van der Waals surface area (Å²) in [6.45, 7) is 3.28. The zero-order valence-electron chi connectivity index (χ0n) is 13.2. The third kappa shape index (κ3) is 3.59. The highest BCUT2D eigenvalue weighted by Gasteiger charge is 2.23. The van der Waals surface area contributed by atoms with Gasteiger partial charge in [-0.2, -0.15) is 0 Å². The summed E-state index contributed by atoms with van der Waals surface area (Å²) in [6, 6.07) is 12.6. The standard InChI is InChI=1S/C18H17BrN2O3/c1-2-24-17(22)12-4-7-16(8-5-12)20-18(23)21-10-13-3-6-15(19)9-14(13)11-21/h3-9H,2,10-11H2,1H3,(H,20,23). The first-order chi connectivity index (χ1) is 11.6. The Morgan fingerprint density at radius 1 is 1.12 bits per heavy atom. The molecular weight excluding hydrogens is 372 g/mol. The molecule has 3 rings (SSSR count). The molecule has 0 bridgehead atoms. The summed E-state index contributed by atoms with van der Waals surface area (Å²) in [5, 5.41) is 2.85. The van der Waals surface area contributed by atoms with Gasteiger partial charge in [-0.1, -0.05) is 22.0 Å². The number of rotatable bonds is 3. The fourth-order valence-electron chi connectivity index (χ4n) is 2.61. The van der Waals surface area contributed by atoms with Gasteiger partial charge >= 0.3 is 12.0 Å². The van der Waals surface area contributed by atoms with Crippen molar-refractivity contribution in [2.24, 2.45) is 0 Å². The van der Waals surface area contributed by atoms with E-state index in [-0.39, 0.29) is 12.0 Å². The highest BCUT2D eigenvalue weighted by atomic mass is 79.9. The first kappa shape index (κ1) is 16.5. The molecule has 0 saturated heterocycles. The summed E-state index contributed by atoms with van der Waals surface area (Å²) in [6.07, 6.45) is 0. The number of amides is 2. The molecule has 0 fully saturated rings. The summed E-state index contributed by atoms with van der Waals surface area (Å²) in [4.78, 5) is 25.8. The SMILES string of the molecule is CCOC(=O)c1ccc(NC(=O)N2Cc3ccc(Br)cc3C2)cc1. The number of nitrogens with zero attached hydrogens (tertiary/aromatic N) is 1. The lowest BCUT2D eigenvalue weighted by atomic mass is 10.1. The van der Waals surface area contributed by atoms with Crippen LogP contribution in [0, 0.1) is 0 Å². The molecule has 6 heteroatoms. The van der Waals surface area contributed by atoms with E-state index in [9.17, 15) is 9.59 Å². The average Bonchev–Trinajstić information content (AvgIpc) is 2.99. The zero-order valence-corrected chi connectivity index (χ0v) is 14.8. The number of nitrogens with one attached hydrogen (secondary N) is 1. The minimum Gasteiger partial charge on any atom is -0.462 e. The molecule has 0 atom stereocenters. The van der Waals surface area contributed by atoms with E-state index in [1.54, 1.807) is 36.1 Å². The molecule has 1 aliphatic heterocycles. The number of esters is 1. The highest BCUT2D eigenvalue weighted by molar-refractivity contribution is 9.10. The summed E-state index contributed by atoms with van der Waals surface area (Å²) in [5.41, 5.74) is 3.42. The second kappa shape index (κ2) is 7.05. The number of halogens is 1. The number of carbonyl (C=O) groups excluding carboxylic acids is 2. The monoisotopic (exact) mass is 388 g/mol. The molecule has 2 aromatic carbocycles. The Kier molecular flexibility index (Phi) is 4.85. The molecule has 1 N–H and O–H groups in total. The van der Waals surface area contributed by atoms with Gasteiger partial charge in [0.25, 0.3) is 0 Å². The maximum atomic E-state index is 12.4. The summed E-state index contributed by atoms with van der Waals surface area (Å²) in [5.74, 6) is -0.365. The van der Waals surface area contributed by atoms with E-state index >= 15 is 0 Å². The van der Waals surface area contributed by atoms with Crippen LogP contribution in [0.4, 0.5) is 10.5 Å². The van der Waals surface area contributed by atoms with Crippen LogP contribution >= 0.6 is 15.9 Å². The van der Waals surface area contributed by atoms with E-state index in [1.807, 2.05) is 18.2 Å². The van der Waals surface area contributed by atoms with Gasteiger partial charge in [0.2, 0.25) is 0 Å². The normalized spacial score (nSPS) is 12.7. The third-order valence-electron chi connectivity index (χ3n) is 3.83. The molecule has 1 heterocycles. The van der Waals surface area contributed by atoms with Crippen LogP contribution in [0.15, 0.2) is 46.9 Å². The molecule has 0 aromatic heterocycles. The first-order valence-corrected chi connectivity index (χ1v) is 8.46. The smallest absolute Gasteiger partial charge is 0.338 e. The number of ether oxygens (including phenoxy) is 1. The van der Waals surface area contributed by atoms with E-state index < -0.39 is 0 Å². The Morgan fingerprint density at radius 2 is 1.83 bits per heavy atom. The van der Waals surface area contributed by atoms with Gasteiger partial charge < -0.3 is 15.0 Å². The summed E-state index contributed by atoms with van der Waals surface area (Å²) < 4.78 is 5.95. The van der Waals surface area contributed by atoms with Crippen LogP contribution in [0.2, 0.25) is 0 Å². The van der Waals surface area contributed by atoms with Gasteiger partial charge in [-0.3, -0.25) is 0 Å². The van der Waals surface area contributed by atoms with Crippen LogP contribution in [0.25, 0.3) is 0 Å². The number of anilines is 1. The van der Waals surface area contributed by atoms with Crippen molar-refractivity contribution in [2.45, 2.75) is 20.0 Å². The van der Waals surface area contributed by atoms with Crippen molar-refractivity contribution in [1.29, 1.82) is 0 Å². The maximum absolute atomic E-state index is 12.4. The van der Waals surface area contributed by atoms with Crippen molar-refractivity contribution < 1.29 is 14.3 Å². The van der Waals surface area contributed by atoms with E-state index in [0.29, 0.717) is 30.9 Å². The van der Waals surface area contributed by atoms with Crippen molar-refractivity contribution in [2.75, 3.05) is 11.9 Å². The van der Waals surface area contributed by atoms with Crippen molar-refractivity contribution in [3.05, 3.63) is 63.6 Å². The highest BCUT2D eigenvalue weighted by Crippen LogP contribution is 2.26. The van der Waals surface area contributed by atoms with Crippen molar-refractivity contribution in [3.8, 4) is 0 Å². The van der Waals surface area contributed by atoms with E-state index in [1.165, 1.54) is 0 Å². The molecule has 5 nitrogen and oxygen atoms in total. The minimum absolute atomic E-state index is 0.161. The number of urea groups is 1. The summed E-state index contributed by atoms with van der Waals surface area (Å²) in [7, 11) is 0. The largest absolute Gasteiger partial charge is 0.462 e. The number of hydrogen-bond acceptors (Lipinski definition) is 3. The maximum Gasteiger partial charge on any atom is 0.338 e. The molecular formula is C18H17BrN2O3. The predicted molar refractivity (Wildman–Crippen MR) is 94.8 cm³/mol. The van der Waals surface area contributed by atoms with Crippen LogP contribution in [0.1, 0.15) is 28.4 Å². The second-order valence-corrected chi connectivity index (χ2v) is 6.41. The lowest BCUT2D eigenvalue weighted by molar-refractivity contribution is 0.0526. The zero-order chi connectivity index (χ0) is 17.1. The van der Waals surface area contributed by atoms with Crippen LogP contribution in [0.5, 0.6) is 0 Å². The van der Waals surface area contributed by atoms with Gasteiger partial charge in [0.15, 0.2) is 0 Å². The fraction of sp³-hybridized carbons (Fsp3) is 0.222. The fourth-order valence-corrected chi connectivity index (χ4v) is 3.02. The van der Waals surface area contributed by atoms with Crippen molar-refractivity contribution in [1.82, 2.24) is 4.90 Å². The quantitative estimate of drug-likeness (QED) is 0.802. The van der Waals surface area contributed by atoms with Gasteiger partial charge in [0.1, 0.15) is 0 Å². The Morgan fingerprint density at radius 3 is 2.54 bits per heavy atom.